The lowest BCUT2D eigenvalue weighted by atomic mass is 10.1. The average Bonchev–Trinajstić information content (AvgIpc) is 2.25. The van der Waals surface area contributed by atoms with Gasteiger partial charge in [-0.2, -0.15) is 5.26 Å². The molecule has 0 amide bonds. The molecule has 1 rings (SSSR count). The lowest BCUT2D eigenvalue weighted by molar-refractivity contribution is 0.816. The molecule has 0 spiro atoms. The van der Waals surface area contributed by atoms with Crippen molar-refractivity contribution in [3.05, 3.63) is 41.5 Å². The molecule has 0 aromatic heterocycles. The lowest BCUT2D eigenvalue weighted by Crippen LogP contribution is -1.75. The topological polar surface area (TPSA) is 23.8 Å². The van der Waals surface area contributed by atoms with Crippen LogP contribution >= 0.6 is 0 Å². The molecule has 72 valence electrons. The molecule has 0 N–H and O–H groups in total. The van der Waals surface area contributed by atoms with E-state index in [1.54, 1.807) is 0 Å². The third kappa shape index (κ3) is 3.45. The van der Waals surface area contributed by atoms with E-state index < -0.39 is 0 Å². The molecule has 14 heavy (non-hydrogen) atoms. The molecule has 1 aromatic carbocycles. The average molecular weight is 185 g/mol. The number of nitriles is 1. The molecule has 1 aromatic rings. The minimum atomic E-state index is 0.718. The van der Waals surface area contributed by atoms with E-state index in [2.05, 4.69) is 25.1 Å². The van der Waals surface area contributed by atoms with Crippen molar-refractivity contribution < 1.29 is 0 Å². The van der Waals surface area contributed by atoms with Crippen molar-refractivity contribution >= 4 is 6.08 Å². The van der Waals surface area contributed by atoms with Gasteiger partial charge in [0, 0.05) is 0 Å². The molecule has 1 heteroatoms. The van der Waals surface area contributed by atoms with Gasteiger partial charge in [-0.3, -0.25) is 0 Å². The van der Waals surface area contributed by atoms with E-state index in [1.807, 2.05) is 24.3 Å². The summed E-state index contributed by atoms with van der Waals surface area (Å²) in [5.74, 6) is 0. The van der Waals surface area contributed by atoms with Gasteiger partial charge in [0.05, 0.1) is 11.6 Å². The zero-order chi connectivity index (χ0) is 10.2. The normalized spacial score (nSPS) is 10.3. The van der Waals surface area contributed by atoms with E-state index >= 15 is 0 Å². The number of hydrogen-bond acceptors (Lipinski definition) is 1. The molecule has 0 unspecified atom stereocenters. The van der Waals surface area contributed by atoms with E-state index in [4.69, 9.17) is 5.26 Å². The molecular formula is C13H15N. The standard InChI is InChI=1S/C13H15N/c1-2-3-4-5-6-12-7-9-13(11-14)10-8-12/h5-10H,2-4H2,1H3. The number of nitrogens with zero attached hydrogens (tertiary/aromatic N) is 1. The largest absolute Gasteiger partial charge is 0.192 e. The highest BCUT2D eigenvalue weighted by atomic mass is 14.2. The van der Waals surface area contributed by atoms with Gasteiger partial charge in [-0.1, -0.05) is 44.1 Å². The molecule has 0 atom stereocenters. The number of unbranched alkanes of at least 4 members (excludes halogenated alkanes) is 2. The molecule has 0 fully saturated rings. The van der Waals surface area contributed by atoms with Crippen molar-refractivity contribution in [3.8, 4) is 6.07 Å². The maximum Gasteiger partial charge on any atom is 0.0991 e. The molecular weight excluding hydrogens is 170 g/mol. The van der Waals surface area contributed by atoms with Crippen molar-refractivity contribution in [2.45, 2.75) is 26.2 Å². The summed E-state index contributed by atoms with van der Waals surface area (Å²) >= 11 is 0. The number of hydrogen-bond donors (Lipinski definition) is 0. The second-order valence-corrected chi connectivity index (χ2v) is 3.28. The highest BCUT2D eigenvalue weighted by Crippen LogP contribution is 2.06. The predicted octanol–water partition coefficient (Wildman–Crippen LogP) is 3.76. The summed E-state index contributed by atoms with van der Waals surface area (Å²) in [6, 6.07) is 9.75. The second kappa shape index (κ2) is 5.99. The summed E-state index contributed by atoms with van der Waals surface area (Å²) < 4.78 is 0. The third-order valence-corrected chi connectivity index (χ3v) is 2.07. The second-order valence-electron chi connectivity index (χ2n) is 3.28. The maximum atomic E-state index is 8.61. The van der Waals surface area contributed by atoms with Crippen molar-refractivity contribution in [1.29, 1.82) is 5.26 Å². The molecule has 0 saturated heterocycles. The van der Waals surface area contributed by atoms with E-state index in [-0.39, 0.29) is 0 Å². The first-order valence-electron chi connectivity index (χ1n) is 5.03. The van der Waals surface area contributed by atoms with Crippen LogP contribution in [0.15, 0.2) is 30.3 Å². The summed E-state index contributed by atoms with van der Waals surface area (Å²) in [7, 11) is 0. The van der Waals surface area contributed by atoms with Gasteiger partial charge in [-0.25, -0.2) is 0 Å². The monoisotopic (exact) mass is 185 g/mol. The van der Waals surface area contributed by atoms with Crippen molar-refractivity contribution in [2.24, 2.45) is 0 Å². The maximum absolute atomic E-state index is 8.61. The third-order valence-electron chi connectivity index (χ3n) is 2.07. The van der Waals surface area contributed by atoms with Gasteiger partial charge in [0.2, 0.25) is 0 Å². The van der Waals surface area contributed by atoms with E-state index in [1.165, 1.54) is 18.4 Å². The Morgan fingerprint density at radius 2 is 2.00 bits per heavy atom. The van der Waals surface area contributed by atoms with Crippen molar-refractivity contribution in [1.82, 2.24) is 0 Å². The smallest absolute Gasteiger partial charge is 0.0991 e. The van der Waals surface area contributed by atoms with Gasteiger partial charge in [0.25, 0.3) is 0 Å². The Balaban J connectivity index is 2.52. The Hall–Kier alpha value is -1.55. The molecule has 0 aliphatic heterocycles. The lowest BCUT2D eigenvalue weighted by Gasteiger charge is -1.93. The van der Waals surface area contributed by atoms with Crippen LogP contribution in [0.5, 0.6) is 0 Å². The molecule has 0 heterocycles. The fraction of sp³-hybridized carbons (Fsp3) is 0.308. The van der Waals surface area contributed by atoms with Crippen LogP contribution in [0.2, 0.25) is 0 Å². The van der Waals surface area contributed by atoms with Gasteiger partial charge in [-0.05, 0) is 24.1 Å². The Bertz CT molecular complexity index is 327. The van der Waals surface area contributed by atoms with Crippen LogP contribution in [-0.4, -0.2) is 0 Å². The summed E-state index contributed by atoms with van der Waals surface area (Å²) in [6.45, 7) is 2.19. The fourth-order valence-corrected chi connectivity index (χ4v) is 1.21. The van der Waals surface area contributed by atoms with Gasteiger partial charge >= 0.3 is 0 Å². The highest BCUT2D eigenvalue weighted by molar-refractivity contribution is 5.50. The molecule has 0 radical (unpaired) electrons. The van der Waals surface area contributed by atoms with Crippen LogP contribution in [0, 0.1) is 11.3 Å². The van der Waals surface area contributed by atoms with E-state index in [0.29, 0.717) is 0 Å². The Morgan fingerprint density at radius 3 is 2.57 bits per heavy atom. The molecule has 0 bridgehead atoms. The predicted molar refractivity (Wildman–Crippen MR) is 59.7 cm³/mol. The van der Waals surface area contributed by atoms with Gasteiger partial charge < -0.3 is 0 Å². The van der Waals surface area contributed by atoms with Crippen molar-refractivity contribution in [3.63, 3.8) is 0 Å². The van der Waals surface area contributed by atoms with Gasteiger partial charge in [-0.15, -0.1) is 0 Å². The van der Waals surface area contributed by atoms with E-state index in [0.717, 1.165) is 12.0 Å². The molecule has 0 aliphatic carbocycles. The van der Waals surface area contributed by atoms with Crippen LogP contribution in [-0.2, 0) is 0 Å². The first-order valence-corrected chi connectivity index (χ1v) is 5.03. The van der Waals surface area contributed by atoms with Gasteiger partial charge in [0.15, 0.2) is 0 Å². The SMILES string of the molecule is CCCCC=Cc1ccc(C#N)cc1. The molecule has 0 aliphatic rings. The van der Waals surface area contributed by atoms with Gasteiger partial charge in [0.1, 0.15) is 0 Å². The summed E-state index contributed by atoms with van der Waals surface area (Å²) in [6.07, 6.45) is 7.91. The van der Waals surface area contributed by atoms with Crippen LogP contribution in [0.25, 0.3) is 6.08 Å². The Morgan fingerprint density at radius 1 is 1.29 bits per heavy atom. The van der Waals surface area contributed by atoms with E-state index in [9.17, 15) is 0 Å². The molecule has 1 nitrogen and oxygen atoms in total. The first kappa shape index (κ1) is 10.5. The summed E-state index contributed by atoms with van der Waals surface area (Å²) in [4.78, 5) is 0. The molecule has 0 saturated carbocycles. The summed E-state index contributed by atoms with van der Waals surface area (Å²) in [5.41, 5.74) is 1.89. The zero-order valence-corrected chi connectivity index (χ0v) is 8.53. The zero-order valence-electron chi connectivity index (χ0n) is 8.53. The van der Waals surface area contributed by atoms with Crippen LogP contribution in [0.1, 0.15) is 37.3 Å². The Kier molecular flexibility index (Phi) is 4.50. The quantitative estimate of drug-likeness (QED) is 0.655. The van der Waals surface area contributed by atoms with Crippen molar-refractivity contribution in [2.75, 3.05) is 0 Å². The fourth-order valence-electron chi connectivity index (χ4n) is 1.21. The number of benzene rings is 1. The Labute approximate surface area is 85.7 Å². The highest BCUT2D eigenvalue weighted by Gasteiger charge is 1.88. The number of rotatable bonds is 4. The minimum absolute atomic E-state index is 0.718. The first-order chi connectivity index (χ1) is 6.86. The summed E-state index contributed by atoms with van der Waals surface area (Å²) in [5, 5.41) is 8.61. The minimum Gasteiger partial charge on any atom is -0.192 e. The van der Waals surface area contributed by atoms with Crippen LogP contribution in [0.3, 0.4) is 0 Å². The van der Waals surface area contributed by atoms with Crippen LogP contribution < -0.4 is 0 Å². The number of allylic oxidation sites excluding steroid dienone is 1. The van der Waals surface area contributed by atoms with Crippen LogP contribution in [0.4, 0.5) is 0 Å².